The number of hydrogen-bond acceptors (Lipinski definition) is 5. The van der Waals surface area contributed by atoms with Crippen LogP contribution in [-0.2, 0) is 0 Å². The SMILES string of the molecule is COc1ncc(C(=O)c2cc(C)cs2)s1. The molecule has 2 aromatic heterocycles. The summed E-state index contributed by atoms with van der Waals surface area (Å²) in [5, 5.41) is 2.48. The molecule has 0 saturated carbocycles. The maximum Gasteiger partial charge on any atom is 0.273 e. The molecular weight excluding hydrogens is 230 g/mol. The minimum Gasteiger partial charge on any atom is -0.473 e. The van der Waals surface area contributed by atoms with Crippen molar-refractivity contribution in [3.05, 3.63) is 33.0 Å². The van der Waals surface area contributed by atoms with Crippen molar-refractivity contribution in [2.24, 2.45) is 0 Å². The molecular formula is C10H9NO2S2. The number of ketones is 1. The van der Waals surface area contributed by atoms with Crippen molar-refractivity contribution in [3.8, 4) is 5.19 Å². The number of aryl methyl sites for hydroxylation is 1. The zero-order valence-electron chi connectivity index (χ0n) is 8.31. The minimum absolute atomic E-state index is 0.0221. The molecule has 15 heavy (non-hydrogen) atoms. The minimum atomic E-state index is 0.0221. The van der Waals surface area contributed by atoms with Crippen LogP contribution in [0.1, 0.15) is 20.1 Å². The standard InChI is InChI=1S/C10H9NO2S2/c1-6-3-7(14-5-6)9(12)8-4-11-10(13-2)15-8/h3-5H,1-2H3. The van der Waals surface area contributed by atoms with Crippen LogP contribution in [0.15, 0.2) is 17.6 Å². The summed E-state index contributed by atoms with van der Waals surface area (Å²) in [4.78, 5) is 17.3. The summed E-state index contributed by atoms with van der Waals surface area (Å²) in [5.74, 6) is 0.0221. The van der Waals surface area contributed by atoms with Crippen LogP contribution in [0.4, 0.5) is 0 Å². The fourth-order valence-corrected chi connectivity index (χ4v) is 2.73. The number of ether oxygens (including phenoxy) is 1. The first-order valence-electron chi connectivity index (χ1n) is 4.30. The molecule has 3 nitrogen and oxygen atoms in total. The number of carbonyl (C=O) groups is 1. The number of methoxy groups -OCH3 is 1. The lowest BCUT2D eigenvalue weighted by molar-refractivity contribution is 0.104. The van der Waals surface area contributed by atoms with Gasteiger partial charge in [-0.2, -0.15) is 0 Å². The first kappa shape index (κ1) is 10.3. The second-order valence-corrected chi connectivity index (χ2v) is 4.92. The Labute approximate surface area is 95.4 Å². The third-order valence-corrected chi connectivity index (χ3v) is 3.84. The maximum atomic E-state index is 11.9. The third kappa shape index (κ3) is 2.08. The van der Waals surface area contributed by atoms with Gasteiger partial charge in [0, 0.05) is 0 Å². The molecule has 0 aliphatic carbocycles. The second kappa shape index (κ2) is 4.12. The fourth-order valence-electron chi connectivity index (χ4n) is 1.13. The van der Waals surface area contributed by atoms with Crippen molar-refractivity contribution in [1.82, 2.24) is 4.98 Å². The molecule has 0 aliphatic heterocycles. The summed E-state index contributed by atoms with van der Waals surface area (Å²) in [6.07, 6.45) is 1.56. The van der Waals surface area contributed by atoms with Crippen LogP contribution in [0.25, 0.3) is 0 Å². The lowest BCUT2D eigenvalue weighted by atomic mass is 10.2. The molecule has 0 radical (unpaired) electrons. The quantitative estimate of drug-likeness (QED) is 0.773. The van der Waals surface area contributed by atoms with Gasteiger partial charge in [-0.05, 0) is 23.9 Å². The summed E-state index contributed by atoms with van der Waals surface area (Å²) in [6, 6.07) is 1.89. The highest BCUT2D eigenvalue weighted by atomic mass is 32.1. The van der Waals surface area contributed by atoms with Crippen molar-refractivity contribution >= 4 is 28.5 Å². The van der Waals surface area contributed by atoms with E-state index in [9.17, 15) is 4.79 Å². The average molecular weight is 239 g/mol. The van der Waals surface area contributed by atoms with Gasteiger partial charge in [0.1, 0.15) is 0 Å². The molecule has 0 aliphatic rings. The lowest BCUT2D eigenvalue weighted by Gasteiger charge is -1.90. The van der Waals surface area contributed by atoms with E-state index in [1.165, 1.54) is 22.7 Å². The first-order chi connectivity index (χ1) is 7.20. The van der Waals surface area contributed by atoms with Gasteiger partial charge in [0.05, 0.1) is 23.1 Å². The normalized spacial score (nSPS) is 10.3. The fraction of sp³-hybridized carbons (Fsp3) is 0.200. The Balaban J connectivity index is 2.28. The van der Waals surface area contributed by atoms with E-state index in [1.807, 2.05) is 18.4 Å². The molecule has 5 heteroatoms. The van der Waals surface area contributed by atoms with Crippen LogP contribution in [0.2, 0.25) is 0 Å². The Hall–Kier alpha value is -1.20. The van der Waals surface area contributed by atoms with Crippen LogP contribution in [0.3, 0.4) is 0 Å². The van der Waals surface area contributed by atoms with Crippen molar-refractivity contribution in [1.29, 1.82) is 0 Å². The highest BCUT2D eigenvalue weighted by molar-refractivity contribution is 7.17. The van der Waals surface area contributed by atoms with Gasteiger partial charge >= 0.3 is 0 Å². The molecule has 0 N–H and O–H groups in total. The predicted molar refractivity (Wildman–Crippen MR) is 61.2 cm³/mol. The van der Waals surface area contributed by atoms with Gasteiger partial charge < -0.3 is 4.74 Å². The number of thiophene rings is 1. The molecule has 0 aromatic carbocycles. The zero-order chi connectivity index (χ0) is 10.8. The molecule has 0 atom stereocenters. The van der Waals surface area contributed by atoms with Crippen LogP contribution >= 0.6 is 22.7 Å². The highest BCUT2D eigenvalue weighted by Crippen LogP contribution is 2.25. The van der Waals surface area contributed by atoms with E-state index < -0.39 is 0 Å². The summed E-state index contributed by atoms with van der Waals surface area (Å²) in [7, 11) is 1.54. The van der Waals surface area contributed by atoms with Crippen molar-refractivity contribution in [3.63, 3.8) is 0 Å². The Bertz CT molecular complexity index is 487. The molecule has 0 amide bonds. The number of thiazole rings is 1. The molecule has 2 aromatic rings. The Morgan fingerprint density at radius 2 is 2.27 bits per heavy atom. The van der Waals surface area contributed by atoms with E-state index in [0.717, 1.165) is 10.4 Å². The summed E-state index contributed by atoms with van der Waals surface area (Å²) < 4.78 is 4.94. The van der Waals surface area contributed by atoms with Crippen molar-refractivity contribution in [2.75, 3.05) is 7.11 Å². The molecule has 78 valence electrons. The smallest absolute Gasteiger partial charge is 0.273 e. The zero-order valence-corrected chi connectivity index (χ0v) is 9.95. The van der Waals surface area contributed by atoms with Crippen LogP contribution in [-0.4, -0.2) is 17.9 Å². The molecule has 0 unspecified atom stereocenters. The van der Waals surface area contributed by atoms with E-state index in [-0.39, 0.29) is 5.78 Å². The maximum absolute atomic E-state index is 11.9. The van der Waals surface area contributed by atoms with E-state index >= 15 is 0 Å². The van der Waals surface area contributed by atoms with Gasteiger partial charge in [-0.25, -0.2) is 4.98 Å². The average Bonchev–Trinajstić information content (AvgIpc) is 2.84. The molecule has 0 spiro atoms. The number of carbonyl (C=O) groups excluding carboxylic acids is 1. The van der Waals surface area contributed by atoms with E-state index in [1.54, 1.807) is 13.3 Å². The Morgan fingerprint density at radius 1 is 1.47 bits per heavy atom. The predicted octanol–water partition coefficient (Wildman–Crippen LogP) is 2.75. The Kier molecular flexibility index (Phi) is 2.83. The topological polar surface area (TPSA) is 39.2 Å². The number of rotatable bonds is 3. The van der Waals surface area contributed by atoms with Crippen molar-refractivity contribution in [2.45, 2.75) is 6.92 Å². The summed E-state index contributed by atoms with van der Waals surface area (Å²) >= 11 is 2.73. The number of aromatic nitrogens is 1. The molecule has 2 heterocycles. The monoisotopic (exact) mass is 239 g/mol. The van der Waals surface area contributed by atoms with Gasteiger partial charge in [0.25, 0.3) is 5.19 Å². The lowest BCUT2D eigenvalue weighted by Crippen LogP contribution is -1.94. The molecule has 0 bridgehead atoms. The van der Waals surface area contributed by atoms with Crippen LogP contribution < -0.4 is 4.74 Å². The van der Waals surface area contributed by atoms with Gasteiger partial charge in [-0.15, -0.1) is 11.3 Å². The summed E-state index contributed by atoms with van der Waals surface area (Å²) in [6.45, 7) is 1.97. The molecule has 0 saturated heterocycles. The van der Waals surface area contributed by atoms with Gasteiger partial charge in [0.15, 0.2) is 0 Å². The first-order valence-corrected chi connectivity index (χ1v) is 6.00. The summed E-state index contributed by atoms with van der Waals surface area (Å²) in [5.41, 5.74) is 1.11. The van der Waals surface area contributed by atoms with Gasteiger partial charge in [-0.3, -0.25) is 4.79 Å². The number of nitrogens with zero attached hydrogens (tertiary/aromatic N) is 1. The van der Waals surface area contributed by atoms with Gasteiger partial charge in [0.2, 0.25) is 5.78 Å². The van der Waals surface area contributed by atoms with Crippen molar-refractivity contribution < 1.29 is 9.53 Å². The van der Waals surface area contributed by atoms with Crippen LogP contribution in [0, 0.1) is 6.92 Å². The largest absolute Gasteiger partial charge is 0.473 e. The van der Waals surface area contributed by atoms with Gasteiger partial charge in [-0.1, -0.05) is 11.3 Å². The Morgan fingerprint density at radius 3 is 2.80 bits per heavy atom. The molecule has 0 fully saturated rings. The third-order valence-electron chi connectivity index (χ3n) is 1.84. The highest BCUT2D eigenvalue weighted by Gasteiger charge is 2.14. The van der Waals surface area contributed by atoms with E-state index in [0.29, 0.717) is 10.1 Å². The van der Waals surface area contributed by atoms with E-state index in [4.69, 9.17) is 4.74 Å². The molecule has 2 rings (SSSR count). The second-order valence-electron chi connectivity index (χ2n) is 3.01. The van der Waals surface area contributed by atoms with Crippen LogP contribution in [0.5, 0.6) is 5.19 Å². The van der Waals surface area contributed by atoms with E-state index in [2.05, 4.69) is 4.98 Å². The number of hydrogen-bond donors (Lipinski definition) is 0.